The van der Waals surface area contributed by atoms with E-state index in [9.17, 15) is 14.0 Å². The van der Waals surface area contributed by atoms with Crippen LogP contribution in [0.25, 0.3) is 0 Å². The Labute approximate surface area is 158 Å². The molecule has 1 aliphatic rings. The van der Waals surface area contributed by atoms with E-state index in [2.05, 4.69) is 10.3 Å². The summed E-state index contributed by atoms with van der Waals surface area (Å²) in [5, 5.41) is 3.21. The molecule has 1 aromatic heterocycles. The van der Waals surface area contributed by atoms with E-state index >= 15 is 0 Å². The Morgan fingerprint density at radius 3 is 2.52 bits per heavy atom. The summed E-state index contributed by atoms with van der Waals surface area (Å²) in [6.45, 7) is 4.19. The summed E-state index contributed by atoms with van der Waals surface area (Å²) in [7, 11) is 0. The number of carbonyl (C=O) groups excluding carboxylic acids is 2. The summed E-state index contributed by atoms with van der Waals surface area (Å²) in [4.78, 5) is 31.7. The quantitative estimate of drug-likeness (QED) is 0.876. The van der Waals surface area contributed by atoms with E-state index in [1.807, 2.05) is 6.07 Å². The molecule has 2 amide bonds. The lowest BCUT2D eigenvalue weighted by atomic mass is 10.1. The van der Waals surface area contributed by atoms with Crippen molar-refractivity contribution >= 4 is 17.5 Å². The standard InChI is InChI=1S/C20H23FN4O2/c1-15(26)24-10-12-25(13-11-24)20(27)19-14-17(7-9-23-19)22-8-6-16-4-2-3-5-18(16)21/h2-5,7,9,14H,6,8,10-13H2,1H3,(H,22,23). The van der Waals surface area contributed by atoms with Crippen molar-refractivity contribution in [1.82, 2.24) is 14.8 Å². The average Bonchev–Trinajstić information content (AvgIpc) is 2.69. The fourth-order valence-electron chi connectivity index (χ4n) is 3.09. The molecular formula is C20H23FN4O2. The van der Waals surface area contributed by atoms with Crippen LogP contribution in [-0.2, 0) is 11.2 Å². The summed E-state index contributed by atoms with van der Waals surface area (Å²) in [5.74, 6) is -0.327. The largest absolute Gasteiger partial charge is 0.385 e. The number of amides is 2. The van der Waals surface area contributed by atoms with Crippen molar-refractivity contribution in [3.8, 4) is 0 Å². The number of anilines is 1. The van der Waals surface area contributed by atoms with Crippen molar-refractivity contribution in [2.75, 3.05) is 38.0 Å². The summed E-state index contributed by atoms with van der Waals surface area (Å²) in [6, 6.07) is 10.2. The molecule has 1 aliphatic heterocycles. The first-order valence-electron chi connectivity index (χ1n) is 9.02. The number of piperazine rings is 1. The normalized spacial score (nSPS) is 14.1. The van der Waals surface area contributed by atoms with Crippen molar-refractivity contribution in [2.24, 2.45) is 0 Å². The van der Waals surface area contributed by atoms with Gasteiger partial charge in [0, 0.05) is 51.5 Å². The molecule has 1 N–H and O–H groups in total. The Morgan fingerprint density at radius 1 is 1.11 bits per heavy atom. The van der Waals surface area contributed by atoms with Crippen LogP contribution in [0.15, 0.2) is 42.6 Å². The number of carbonyl (C=O) groups is 2. The molecular weight excluding hydrogens is 347 g/mol. The number of nitrogens with one attached hydrogen (secondary N) is 1. The van der Waals surface area contributed by atoms with Crippen molar-refractivity contribution in [2.45, 2.75) is 13.3 Å². The number of nitrogens with zero attached hydrogens (tertiary/aromatic N) is 3. The van der Waals surface area contributed by atoms with Crippen LogP contribution in [0.2, 0.25) is 0 Å². The molecule has 0 atom stereocenters. The van der Waals surface area contributed by atoms with Gasteiger partial charge in [0.25, 0.3) is 5.91 Å². The number of pyridine rings is 1. The molecule has 0 saturated carbocycles. The number of hydrogen-bond acceptors (Lipinski definition) is 4. The van der Waals surface area contributed by atoms with E-state index in [1.165, 1.54) is 13.0 Å². The van der Waals surface area contributed by atoms with Crippen LogP contribution in [0, 0.1) is 5.82 Å². The van der Waals surface area contributed by atoms with Crippen LogP contribution in [-0.4, -0.2) is 59.3 Å². The monoisotopic (exact) mass is 370 g/mol. The number of benzene rings is 1. The zero-order chi connectivity index (χ0) is 19.2. The summed E-state index contributed by atoms with van der Waals surface area (Å²) >= 11 is 0. The Balaban J connectivity index is 1.56. The van der Waals surface area contributed by atoms with Gasteiger partial charge >= 0.3 is 0 Å². The van der Waals surface area contributed by atoms with Crippen molar-refractivity contribution in [3.05, 3.63) is 59.7 Å². The van der Waals surface area contributed by atoms with Gasteiger partial charge in [-0.15, -0.1) is 0 Å². The number of aromatic nitrogens is 1. The molecule has 0 unspecified atom stereocenters. The van der Waals surface area contributed by atoms with Crippen LogP contribution >= 0.6 is 0 Å². The first kappa shape index (κ1) is 18.8. The van der Waals surface area contributed by atoms with Gasteiger partial charge in [-0.3, -0.25) is 14.6 Å². The molecule has 7 heteroatoms. The zero-order valence-corrected chi connectivity index (χ0v) is 15.3. The van der Waals surface area contributed by atoms with Gasteiger partial charge in [-0.25, -0.2) is 4.39 Å². The second-order valence-corrected chi connectivity index (χ2v) is 6.50. The third-order valence-corrected chi connectivity index (χ3v) is 4.67. The minimum absolute atomic E-state index is 0.0290. The molecule has 0 radical (unpaired) electrons. The third kappa shape index (κ3) is 4.81. The molecule has 1 fully saturated rings. The summed E-state index contributed by atoms with van der Waals surface area (Å²) < 4.78 is 13.7. The molecule has 2 aromatic rings. The van der Waals surface area contributed by atoms with Gasteiger partial charge in [-0.1, -0.05) is 18.2 Å². The predicted molar refractivity (Wildman–Crippen MR) is 101 cm³/mol. The van der Waals surface area contributed by atoms with Crippen LogP contribution in [0.4, 0.5) is 10.1 Å². The zero-order valence-electron chi connectivity index (χ0n) is 15.3. The molecule has 0 bridgehead atoms. The van der Waals surface area contributed by atoms with Gasteiger partial charge in [0.2, 0.25) is 5.91 Å². The van der Waals surface area contributed by atoms with E-state index < -0.39 is 0 Å². The topological polar surface area (TPSA) is 65.5 Å². The van der Waals surface area contributed by atoms with Crippen molar-refractivity contribution in [3.63, 3.8) is 0 Å². The second-order valence-electron chi connectivity index (χ2n) is 6.50. The van der Waals surface area contributed by atoms with E-state index in [-0.39, 0.29) is 17.6 Å². The maximum atomic E-state index is 13.7. The van der Waals surface area contributed by atoms with Crippen LogP contribution < -0.4 is 5.32 Å². The molecule has 142 valence electrons. The number of halogens is 1. The highest BCUT2D eigenvalue weighted by Gasteiger charge is 2.24. The van der Waals surface area contributed by atoms with Gasteiger partial charge < -0.3 is 15.1 Å². The predicted octanol–water partition coefficient (Wildman–Crippen LogP) is 2.18. The highest BCUT2D eigenvalue weighted by atomic mass is 19.1. The Bertz CT molecular complexity index is 819. The molecule has 1 saturated heterocycles. The molecule has 2 heterocycles. The van der Waals surface area contributed by atoms with Crippen LogP contribution in [0.1, 0.15) is 23.0 Å². The fourth-order valence-corrected chi connectivity index (χ4v) is 3.09. The first-order valence-corrected chi connectivity index (χ1v) is 9.02. The Morgan fingerprint density at radius 2 is 1.81 bits per heavy atom. The lowest BCUT2D eigenvalue weighted by Crippen LogP contribution is -2.50. The molecule has 27 heavy (non-hydrogen) atoms. The third-order valence-electron chi connectivity index (χ3n) is 4.67. The molecule has 0 aliphatic carbocycles. The van der Waals surface area contributed by atoms with Crippen molar-refractivity contribution < 1.29 is 14.0 Å². The first-order chi connectivity index (χ1) is 13.0. The van der Waals surface area contributed by atoms with Gasteiger partial charge in [0.05, 0.1) is 0 Å². The Hall–Kier alpha value is -2.96. The molecule has 3 rings (SSSR count). The lowest BCUT2D eigenvalue weighted by molar-refractivity contribution is -0.130. The molecule has 1 aromatic carbocycles. The minimum atomic E-state index is -0.213. The number of hydrogen-bond donors (Lipinski definition) is 1. The van der Waals surface area contributed by atoms with Crippen LogP contribution in [0.3, 0.4) is 0 Å². The van der Waals surface area contributed by atoms with Crippen LogP contribution in [0.5, 0.6) is 0 Å². The maximum absolute atomic E-state index is 13.7. The Kier molecular flexibility index (Phi) is 6.01. The lowest BCUT2D eigenvalue weighted by Gasteiger charge is -2.34. The van der Waals surface area contributed by atoms with E-state index in [0.29, 0.717) is 50.4 Å². The smallest absolute Gasteiger partial charge is 0.272 e. The van der Waals surface area contributed by atoms with Gasteiger partial charge in [-0.05, 0) is 30.2 Å². The molecule has 0 spiro atoms. The van der Waals surface area contributed by atoms with E-state index in [4.69, 9.17) is 0 Å². The van der Waals surface area contributed by atoms with Gasteiger partial charge in [0.1, 0.15) is 11.5 Å². The number of rotatable bonds is 5. The highest BCUT2D eigenvalue weighted by Crippen LogP contribution is 2.13. The second kappa shape index (κ2) is 8.62. The minimum Gasteiger partial charge on any atom is -0.385 e. The van der Waals surface area contributed by atoms with Gasteiger partial charge in [-0.2, -0.15) is 0 Å². The maximum Gasteiger partial charge on any atom is 0.272 e. The van der Waals surface area contributed by atoms with E-state index in [1.54, 1.807) is 40.3 Å². The van der Waals surface area contributed by atoms with Gasteiger partial charge in [0.15, 0.2) is 0 Å². The summed E-state index contributed by atoms with van der Waals surface area (Å²) in [6.07, 6.45) is 2.13. The summed E-state index contributed by atoms with van der Waals surface area (Å²) in [5.41, 5.74) is 1.79. The highest BCUT2D eigenvalue weighted by molar-refractivity contribution is 5.93. The molecule has 6 nitrogen and oxygen atoms in total. The average molecular weight is 370 g/mol. The SMILES string of the molecule is CC(=O)N1CCN(C(=O)c2cc(NCCc3ccccc3F)ccn2)CC1. The fraction of sp³-hybridized carbons (Fsp3) is 0.350. The van der Waals surface area contributed by atoms with E-state index in [0.717, 1.165) is 5.69 Å². The van der Waals surface area contributed by atoms with Crippen molar-refractivity contribution in [1.29, 1.82) is 0 Å².